The molecule has 3 heteroatoms. The highest BCUT2D eigenvalue weighted by molar-refractivity contribution is 5.63. The quantitative estimate of drug-likeness (QED) is 0.765. The first-order chi connectivity index (χ1) is 7.18. The second-order valence-electron chi connectivity index (χ2n) is 3.59. The third kappa shape index (κ3) is 1.81. The minimum absolute atomic E-state index is 0.147. The number of nitrogens with zero attached hydrogens (tertiary/aromatic N) is 1. The van der Waals surface area contributed by atoms with E-state index in [9.17, 15) is 4.79 Å². The van der Waals surface area contributed by atoms with Gasteiger partial charge in [0, 0.05) is 18.0 Å². The third-order valence-electron chi connectivity index (χ3n) is 2.36. The van der Waals surface area contributed by atoms with E-state index in [1.165, 1.54) is 6.20 Å². The Morgan fingerprint density at radius 3 is 2.80 bits per heavy atom. The zero-order valence-corrected chi connectivity index (χ0v) is 8.74. The average molecular weight is 200 g/mol. The standard InChI is InChI=1S/C12H12N2O/c1-8-3-4-9(2)10(7-8)11-12(15)14-6-5-13-11/h3-7H,1-2H3,(H,14,15). The van der Waals surface area contributed by atoms with Gasteiger partial charge >= 0.3 is 0 Å². The van der Waals surface area contributed by atoms with Crippen LogP contribution in [-0.2, 0) is 0 Å². The van der Waals surface area contributed by atoms with Crippen molar-refractivity contribution >= 4 is 0 Å². The molecule has 76 valence electrons. The van der Waals surface area contributed by atoms with Gasteiger partial charge in [0.15, 0.2) is 0 Å². The van der Waals surface area contributed by atoms with Crippen LogP contribution < -0.4 is 5.56 Å². The maximum absolute atomic E-state index is 11.6. The lowest BCUT2D eigenvalue weighted by Crippen LogP contribution is -2.10. The molecule has 0 unspecified atom stereocenters. The molecule has 3 nitrogen and oxygen atoms in total. The van der Waals surface area contributed by atoms with Crippen LogP contribution in [0.5, 0.6) is 0 Å². The van der Waals surface area contributed by atoms with Gasteiger partial charge in [-0.25, -0.2) is 4.98 Å². The van der Waals surface area contributed by atoms with E-state index in [1.54, 1.807) is 6.20 Å². The van der Waals surface area contributed by atoms with E-state index in [-0.39, 0.29) is 5.56 Å². The number of benzene rings is 1. The molecule has 0 radical (unpaired) electrons. The van der Waals surface area contributed by atoms with Gasteiger partial charge in [0.25, 0.3) is 5.56 Å². The molecule has 15 heavy (non-hydrogen) atoms. The number of hydrogen-bond donors (Lipinski definition) is 1. The highest BCUT2D eigenvalue weighted by Crippen LogP contribution is 2.19. The van der Waals surface area contributed by atoms with Gasteiger partial charge in [-0.05, 0) is 25.5 Å². The van der Waals surface area contributed by atoms with Crippen LogP contribution in [0.4, 0.5) is 0 Å². The van der Waals surface area contributed by atoms with E-state index in [1.807, 2.05) is 32.0 Å². The topological polar surface area (TPSA) is 45.8 Å². The van der Waals surface area contributed by atoms with Crippen molar-refractivity contribution in [1.29, 1.82) is 0 Å². The van der Waals surface area contributed by atoms with Crippen molar-refractivity contribution < 1.29 is 0 Å². The van der Waals surface area contributed by atoms with Crippen molar-refractivity contribution in [2.75, 3.05) is 0 Å². The Morgan fingerprint density at radius 2 is 2.07 bits per heavy atom. The summed E-state index contributed by atoms with van der Waals surface area (Å²) >= 11 is 0. The van der Waals surface area contributed by atoms with Crippen LogP contribution in [0, 0.1) is 13.8 Å². The molecular formula is C12H12N2O. The molecule has 2 rings (SSSR count). The van der Waals surface area contributed by atoms with Crippen LogP contribution in [-0.4, -0.2) is 9.97 Å². The van der Waals surface area contributed by atoms with Crippen molar-refractivity contribution in [3.63, 3.8) is 0 Å². The number of hydrogen-bond acceptors (Lipinski definition) is 2. The van der Waals surface area contributed by atoms with E-state index in [2.05, 4.69) is 9.97 Å². The summed E-state index contributed by atoms with van der Waals surface area (Å²) in [5.41, 5.74) is 3.42. The Bertz CT molecular complexity index is 543. The van der Waals surface area contributed by atoms with Gasteiger partial charge < -0.3 is 4.98 Å². The smallest absolute Gasteiger partial charge is 0.274 e. The van der Waals surface area contributed by atoms with Crippen molar-refractivity contribution in [3.05, 3.63) is 52.1 Å². The van der Waals surface area contributed by atoms with E-state index in [0.717, 1.165) is 16.7 Å². The molecule has 0 aliphatic rings. The van der Waals surface area contributed by atoms with Crippen LogP contribution in [0.25, 0.3) is 11.3 Å². The summed E-state index contributed by atoms with van der Waals surface area (Å²) in [5.74, 6) is 0. The predicted molar refractivity (Wildman–Crippen MR) is 59.8 cm³/mol. The highest BCUT2D eigenvalue weighted by atomic mass is 16.1. The summed E-state index contributed by atoms with van der Waals surface area (Å²) in [4.78, 5) is 18.3. The fourth-order valence-corrected chi connectivity index (χ4v) is 1.53. The molecular weight excluding hydrogens is 188 g/mol. The van der Waals surface area contributed by atoms with Gasteiger partial charge in [-0.15, -0.1) is 0 Å². The molecule has 1 N–H and O–H groups in total. The molecule has 0 bridgehead atoms. The van der Waals surface area contributed by atoms with E-state index < -0.39 is 0 Å². The summed E-state index contributed by atoms with van der Waals surface area (Å²) in [6, 6.07) is 6.00. The van der Waals surface area contributed by atoms with Gasteiger partial charge in [-0.2, -0.15) is 0 Å². The Hall–Kier alpha value is -1.90. The minimum atomic E-state index is -0.147. The van der Waals surface area contributed by atoms with Crippen molar-refractivity contribution in [2.24, 2.45) is 0 Å². The summed E-state index contributed by atoms with van der Waals surface area (Å²) in [7, 11) is 0. The van der Waals surface area contributed by atoms with E-state index in [0.29, 0.717) is 5.69 Å². The second kappa shape index (κ2) is 3.69. The Kier molecular flexibility index (Phi) is 2.37. The lowest BCUT2D eigenvalue weighted by molar-refractivity contribution is 1.14. The van der Waals surface area contributed by atoms with Crippen LogP contribution >= 0.6 is 0 Å². The summed E-state index contributed by atoms with van der Waals surface area (Å²) in [6.45, 7) is 3.98. The van der Waals surface area contributed by atoms with Gasteiger partial charge in [0.05, 0.1) is 0 Å². The minimum Gasteiger partial charge on any atom is -0.326 e. The third-order valence-corrected chi connectivity index (χ3v) is 2.36. The molecule has 0 aliphatic heterocycles. The fraction of sp³-hybridized carbons (Fsp3) is 0.167. The predicted octanol–water partition coefficient (Wildman–Crippen LogP) is 2.05. The number of nitrogens with one attached hydrogen (secondary N) is 1. The molecule has 1 aromatic carbocycles. The molecule has 2 aromatic rings. The van der Waals surface area contributed by atoms with E-state index >= 15 is 0 Å². The molecule has 0 fully saturated rings. The zero-order chi connectivity index (χ0) is 10.8. The SMILES string of the molecule is Cc1ccc(C)c(-c2ncc[nH]c2=O)c1. The monoisotopic (exact) mass is 200 g/mol. The maximum Gasteiger partial charge on any atom is 0.274 e. The fourth-order valence-electron chi connectivity index (χ4n) is 1.53. The number of aromatic amines is 1. The van der Waals surface area contributed by atoms with Crippen molar-refractivity contribution in [1.82, 2.24) is 9.97 Å². The summed E-state index contributed by atoms with van der Waals surface area (Å²) < 4.78 is 0. The first-order valence-electron chi connectivity index (χ1n) is 4.80. The normalized spacial score (nSPS) is 10.3. The molecule has 1 heterocycles. The first-order valence-corrected chi connectivity index (χ1v) is 4.80. The molecule has 0 saturated carbocycles. The Morgan fingerprint density at radius 1 is 1.27 bits per heavy atom. The molecule has 0 amide bonds. The van der Waals surface area contributed by atoms with Crippen LogP contribution in [0.15, 0.2) is 35.4 Å². The Labute approximate surface area is 87.8 Å². The lowest BCUT2D eigenvalue weighted by atomic mass is 10.0. The highest BCUT2D eigenvalue weighted by Gasteiger charge is 2.06. The molecule has 0 aliphatic carbocycles. The lowest BCUT2D eigenvalue weighted by Gasteiger charge is -2.04. The molecule has 0 atom stereocenters. The molecule has 1 aromatic heterocycles. The maximum atomic E-state index is 11.6. The van der Waals surface area contributed by atoms with Crippen molar-refractivity contribution in [3.8, 4) is 11.3 Å². The number of H-pyrrole nitrogens is 1. The average Bonchev–Trinajstić information content (AvgIpc) is 2.23. The second-order valence-corrected chi connectivity index (χ2v) is 3.59. The first kappa shape index (κ1) is 9.65. The number of aromatic nitrogens is 2. The number of aryl methyl sites for hydroxylation is 2. The summed E-state index contributed by atoms with van der Waals surface area (Å²) in [6.07, 6.45) is 3.13. The zero-order valence-electron chi connectivity index (χ0n) is 8.74. The largest absolute Gasteiger partial charge is 0.326 e. The van der Waals surface area contributed by atoms with E-state index in [4.69, 9.17) is 0 Å². The van der Waals surface area contributed by atoms with Gasteiger partial charge in [0.1, 0.15) is 5.69 Å². The molecule has 0 spiro atoms. The Balaban J connectivity index is 2.69. The van der Waals surface area contributed by atoms with Crippen molar-refractivity contribution in [2.45, 2.75) is 13.8 Å². The number of rotatable bonds is 1. The van der Waals surface area contributed by atoms with Gasteiger partial charge in [-0.1, -0.05) is 17.7 Å². The van der Waals surface area contributed by atoms with Gasteiger partial charge in [0.2, 0.25) is 0 Å². The van der Waals surface area contributed by atoms with Crippen LogP contribution in [0.1, 0.15) is 11.1 Å². The van der Waals surface area contributed by atoms with Crippen LogP contribution in [0.2, 0.25) is 0 Å². The summed E-state index contributed by atoms with van der Waals surface area (Å²) in [5, 5.41) is 0. The van der Waals surface area contributed by atoms with Crippen LogP contribution in [0.3, 0.4) is 0 Å². The molecule has 0 saturated heterocycles. The van der Waals surface area contributed by atoms with Gasteiger partial charge in [-0.3, -0.25) is 4.79 Å².